The molecule has 0 fully saturated rings. The normalized spacial score (nSPS) is 9.42. The van der Waals surface area contributed by atoms with E-state index in [0.717, 1.165) is 6.42 Å². The number of hydrogen-bond acceptors (Lipinski definition) is 0. The van der Waals surface area contributed by atoms with Gasteiger partial charge in [-0.1, -0.05) is 49.1 Å². The van der Waals surface area contributed by atoms with Crippen LogP contribution in [0.25, 0.3) is 6.08 Å². The van der Waals surface area contributed by atoms with Crippen LogP contribution in [-0.4, -0.2) is 0 Å². The van der Waals surface area contributed by atoms with Gasteiger partial charge < -0.3 is 0 Å². The van der Waals surface area contributed by atoms with Crippen molar-refractivity contribution in [2.45, 2.75) is 13.3 Å². The molecule has 0 saturated carbocycles. The molecule has 60 valence electrons. The van der Waals surface area contributed by atoms with Gasteiger partial charge in [0.2, 0.25) is 0 Å². The summed E-state index contributed by atoms with van der Waals surface area (Å²) in [6.07, 6.45) is 4.82. The molecule has 0 N–H and O–H groups in total. The minimum absolute atomic E-state index is 0.916. The average Bonchev–Trinajstić information content (AvgIpc) is 2.14. The maximum atomic E-state index is 2.98. The average molecular weight is 156 g/mol. The van der Waals surface area contributed by atoms with Gasteiger partial charge in [-0.25, -0.2) is 0 Å². The van der Waals surface area contributed by atoms with Crippen LogP contribution < -0.4 is 0 Å². The summed E-state index contributed by atoms with van der Waals surface area (Å²) in [5.41, 5.74) is 1.20. The first-order chi connectivity index (χ1) is 5.93. The third-order valence-corrected chi connectivity index (χ3v) is 1.44. The summed E-state index contributed by atoms with van der Waals surface area (Å²) in [6, 6.07) is 10.2. The Morgan fingerprint density at radius 1 is 1.25 bits per heavy atom. The molecule has 1 rings (SSSR count). The fourth-order valence-corrected chi connectivity index (χ4v) is 0.863. The summed E-state index contributed by atoms with van der Waals surface area (Å²) >= 11 is 0. The van der Waals surface area contributed by atoms with E-state index in [4.69, 9.17) is 0 Å². The van der Waals surface area contributed by atoms with E-state index < -0.39 is 0 Å². The lowest BCUT2D eigenvalue weighted by molar-refractivity contribution is 1.28. The predicted octanol–water partition coefficient (Wildman–Crippen LogP) is 3.11. The van der Waals surface area contributed by atoms with E-state index in [2.05, 4.69) is 24.0 Å². The molecule has 0 nitrogen and oxygen atoms in total. The van der Waals surface area contributed by atoms with Crippen LogP contribution in [0.15, 0.2) is 36.4 Å². The van der Waals surface area contributed by atoms with Crippen molar-refractivity contribution in [3.8, 4) is 11.8 Å². The lowest BCUT2D eigenvalue weighted by atomic mass is 10.2. The van der Waals surface area contributed by atoms with Gasteiger partial charge in [0.25, 0.3) is 0 Å². The maximum absolute atomic E-state index is 2.98. The van der Waals surface area contributed by atoms with Crippen LogP contribution >= 0.6 is 0 Å². The highest BCUT2D eigenvalue weighted by atomic mass is 13.8. The van der Waals surface area contributed by atoms with Crippen LogP contribution in [0.5, 0.6) is 0 Å². The number of hydrogen-bond donors (Lipinski definition) is 0. The van der Waals surface area contributed by atoms with Gasteiger partial charge in [0.1, 0.15) is 0 Å². The lowest BCUT2D eigenvalue weighted by Gasteiger charge is -1.87. The number of benzene rings is 1. The van der Waals surface area contributed by atoms with Gasteiger partial charge in [-0.2, -0.15) is 0 Å². The summed E-state index contributed by atoms with van der Waals surface area (Å²) in [7, 11) is 0. The Morgan fingerprint density at radius 2 is 2.00 bits per heavy atom. The molecule has 0 unspecified atom stereocenters. The first-order valence-corrected chi connectivity index (χ1v) is 4.13. The topological polar surface area (TPSA) is 0 Å². The molecule has 0 aromatic heterocycles. The molecule has 0 radical (unpaired) electrons. The molecule has 0 heteroatoms. The summed E-state index contributed by atoms with van der Waals surface area (Å²) in [5.74, 6) is 5.93. The Hall–Kier alpha value is -1.48. The van der Waals surface area contributed by atoms with E-state index in [1.807, 2.05) is 37.3 Å². The second kappa shape index (κ2) is 5.21. The molecule has 0 heterocycles. The minimum Gasteiger partial charge on any atom is -0.0988 e. The Balaban J connectivity index is 2.58. The van der Waals surface area contributed by atoms with Gasteiger partial charge in [0.15, 0.2) is 0 Å². The third-order valence-electron chi connectivity index (χ3n) is 1.44. The molecule has 0 bridgehead atoms. The summed E-state index contributed by atoms with van der Waals surface area (Å²) < 4.78 is 0. The van der Waals surface area contributed by atoms with Crippen LogP contribution in [-0.2, 0) is 0 Å². The highest BCUT2D eigenvalue weighted by Crippen LogP contribution is 1.99. The van der Waals surface area contributed by atoms with Crippen LogP contribution in [0.3, 0.4) is 0 Å². The van der Waals surface area contributed by atoms with E-state index >= 15 is 0 Å². The zero-order valence-electron chi connectivity index (χ0n) is 7.25. The molecule has 0 saturated heterocycles. The quantitative estimate of drug-likeness (QED) is 0.548. The second-order valence-corrected chi connectivity index (χ2v) is 2.42. The van der Waals surface area contributed by atoms with E-state index in [-0.39, 0.29) is 0 Å². The van der Waals surface area contributed by atoms with Crippen molar-refractivity contribution >= 4 is 6.08 Å². The Labute approximate surface area is 73.9 Å². The molecule has 0 amide bonds. The highest BCUT2D eigenvalue weighted by molar-refractivity contribution is 5.52. The van der Waals surface area contributed by atoms with Gasteiger partial charge in [0, 0.05) is 6.42 Å². The molecule has 0 aliphatic rings. The Morgan fingerprint density at radius 3 is 2.67 bits per heavy atom. The van der Waals surface area contributed by atoms with Gasteiger partial charge in [0.05, 0.1) is 0 Å². The fourth-order valence-electron chi connectivity index (χ4n) is 0.863. The molecule has 0 atom stereocenters. The van der Waals surface area contributed by atoms with E-state index in [0.29, 0.717) is 0 Å². The van der Waals surface area contributed by atoms with Gasteiger partial charge in [-0.15, -0.1) is 0 Å². The second-order valence-electron chi connectivity index (χ2n) is 2.42. The lowest BCUT2D eigenvalue weighted by Crippen LogP contribution is -1.66. The molecule has 1 aromatic rings. The molecule has 1 aromatic carbocycles. The van der Waals surface area contributed by atoms with E-state index in [1.54, 1.807) is 0 Å². The first kappa shape index (κ1) is 8.62. The van der Waals surface area contributed by atoms with Gasteiger partial charge >= 0.3 is 0 Å². The van der Waals surface area contributed by atoms with Gasteiger partial charge in [-0.3, -0.25) is 0 Å². The number of rotatable bonds is 1. The Bertz CT molecular complexity index is 296. The standard InChI is InChI=1S/C12H12/c1-2-3-4-6-9-12-10-7-5-8-11-12/h5-11H,2H2,1H3/b9-6+. The smallest absolute Gasteiger partial charge is 0.00637 e. The van der Waals surface area contributed by atoms with Crippen LogP contribution in [0, 0.1) is 11.8 Å². The third kappa shape index (κ3) is 3.07. The van der Waals surface area contributed by atoms with Crippen molar-refractivity contribution in [1.82, 2.24) is 0 Å². The zero-order valence-corrected chi connectivity index (χ0v) is 7.25. The van der Waals surface area contributed by atoms with Crippen molar-refractivity contribution in [2.75, 3.05) is 0 Å². The van der Waals surface area contributed by atoms with Crippen molar-refractivity contribution in [1.29, 1.82) is 0 Å². The summed E-state index contributed by atoms with van der Waals surface area (Å²) in [5, 5.41) is 0. The van der Waals surface area contributed by atoms with Crippen molar-refractivity contribution in [3.05, 3.63) is 42.0 Å². The SMILES string of the molecule is CCC#C/C=C/c1ccccc1. The Kier molecular flexibility index (Phi) is 3.74. The molecular weight excluding hydrogens is 144 g/mol. The fraction of sp³-hybridized carbons (Fsp3) is 0.167. The summed E-state index contributed by atoms with van der Waals surface area (Å²) in [4.78, 5) is 0. The molecule has 0 aliphatic heterocycles. The van der Waals surface area contributed by atoms with Crippen molar-refractivity contribution in [3.63, 3.8) is 0 Å². The summed E-state index contributed by atoms with van der Waals surface area (Å²) in [6.45, 7) is 2.04. The molecular formula is C12H12. The largest absolute Gasteiger partial charge is 0.0988 e. The van der Waals surface area contributed by atoms with E-state index in [9.17, 15) is 0 Å². The van der Waals surface area contributed by atoms with Gasteiger partial charge in [-0.05, 0) is 17.7 Å². The monoisotopic (exact) mass is 156 g/mol. The predicted molar refractivity (Wildman–Crippen MR) is 53.5 cm³/mol. The van der Waals surface area contributed by atoms with Crippen LogP contribution in [0.4, 0.5) is 0 Å². The molecule has 0 spiro atoms. The minimum atomic E-state index is 0.916. The van der Waals surface area contributed by atoms with Crippen LogP contribution in [0.2, 0.25) is 0 Å². The molecule has 0 aliphatic carbocycles. The number of allylic oxidation sites excluding steroid dienone is 1. The van der Waals surface area contributed by atoms with Crippen molar-refractivity contribution in [2.24, 2.45) is 0 Å². The highest BCUT2D eigenvalue weighted by Gasteiger charge is 1.78. The maximum Gasteiger partial charge on any atom is 0.00637 e. The van der Waals surface area contributed by atoms with Crippen molar-refractivity contribution < 1.29 is 0 Å². The zero-order chi connectivity index (χ0) is 8.65. The van der Waals surface area contributed by atoms with Crippen LogP contribution in [0.1, 0.15) is 18.9 Å². The molecule has 12 heavy (non-hydrogen) atoms. The first-order valence-electron chi connectivity index (χ1n) is 4.13. The van der Waals surface area contributed by atoms with E-state index in [1.165, 1.54) is 5.56 Å².